The average Bonchev–Trinajstić information content (AvgIpc) is 3.06. The molecule has 3 rings (SSSR count). The molecular formula is C19H21ClN4O2S. The van der Waals surface area contributed by atoms with E-state index in [0.29, 0.717) is 34.7 Å². The number of aromatic nitrogens is 3. The van der Waals surface area contributed by atoms with Crippen molar-refractivity contribution in [3.05, 3.63) is 35.4 Å². The van der Waals surface area contributed by atoms with Crippen LogP contribution < -0.4 is 5.32 Å². The zero-order chi connectivity index (χ0) is 19.2. The van der Waals surface area contributed by atoms with Crippen LogP contribution in [-0.4, -0.2) is 46.2 Å². The van der Waals surface area contributed by atoms with Crippen molar-refractivity contribution in [1.29, 1.82) is 0 Å². The van der Waals surface area contributed by atoms with Gasteiger partial charge in [0.05, 0.1) is 28.1 Å². The second-order valence-corrected chi connectivity index (χ2v) is 7.67. The summed E-state index contributed by atoms with van der Waals surface area (Å²) in [7, 11) is 0. The fourth-order valence-electron chi connectivity index (χ4n) is 2.52. The lowest BCUT2D eigenvalue weighted by atomic mass is 10.1. The number of imidazole rings is 1. The van der Waals surface area contributed by atoms with E-state index in [1.807, 2.05) is 44.2 Å². The predicted octanol–water partition coefficient (Wildman–Crippen LogP) is 4.41. The number of rotatable bonds is 9. The van der Waals surface area contributed by atoms with Gasteiger partial charge in [-0.05, 0) is 32.0 Å². The van der Waals surface area contributed by atoms with E-state index in [9.17, 15) is 4.79 Å². The number of carbonyl (C=O) groups is 1. The number of ether oxygens (including phenoxy) is 1. The summed E-state index contributed by atoms with van der Waals surface area (Å²) in [4.78, 5) is 23.0. The first-order chi connectivity index (χ1) is 13.1. The zero-order valence-corrected chi connectivity index (χ0v) is 16.7. The quantitative estimate of drug-likeness (QED) is 0.312. The van der Waals surface area contributed by atoms with Crippen molar-refractivity contribution in [2.45, 2.75) is 24.3 Å². The van der Waals surface area contributed by atoms with Crippen LogP contribution in [0.25, 0.3) is 22.4 Å². The first-order valence-electron chi connectivity index (χ1n) is 8.71. The van der Waals surface area contributed by atoms with E-state index < -0.39 is 0 Å². The molecule has 2 aromatic heterocycles. The van der Waals surface area contributed by atoms with Crippen LogP contribution in [-0.2, 0) is 9.53 Å². The van der Waals surface area contributed by atoms with Gasteiger partial charge in [-0.1, -0.05) is 35.5 Å². The number of benzene rings is 1. The lowest BCUT2D eigenvalue weighted by Crippen LogP contribution is -2.08. The summed E-state index contributed by atoms with van der Waals surface area (Å²) in [6, 6.07) is 9.73. The van der Waals surface area contributed by atoms with Crippen LogP contribution in [0.4, 0.5) is 5.69 Å². The second kappa shape index (κ2) is 9.21. The van der Waals surface area contributed by atoms with E-state index >= 15 is 0 Å². The number of aldehydes is 1. The molecule has 27 heavy (non-hydrogen) atoms. The maximum atomic E-state index is 10.8. The van der Waals surface area contributed by atoms with Gasteiger partial charge in [-0.25, -0.2) is 9.97 Å². The zero-order valence-electron chi connectivity index (χ0n) is 15.2. The number of anilines is 1. The number of hydrogen-bond acceptors (Lipinski definition) is 6. The fourth-order valence-corrected chi connectivity index (χ4v) is 3.49. The Bertz CT molecular complexity index is 914. The maximum Gasteiger partial charge on any atom is 0.179 e. The van der Waals surface area contributed by atoms with Gasteiger partial charge >= 0.3 is 0 Å². The van der Waals surface area contributed by atoms with Crippen molar-refractivity contribution >= 4 is 46.5 Å². The van der Waals surface area contributed by atoms with Gasteiger partial charge in [-0.2, -0.15) is 0 Å². The minimum atomic E-state index is -0.178. The molecule has 0 saturated heterocycles. The van der Waals surface area contributed by atoms with Gasteiger partial charge in [0.1, 0.15) is 6.29 Å². The Morgan fingerprint density at radius 1 is 1.33 bits per heavy atom. The molecule has 1 aromatic carbocycles. The topological polar surface area (TPSA) is 79.9 Å². The molecule has 0 saturated carbocycles. The van der Waals surface area contributed by atoms with E-state index in [0.717, 1.165) is 29.6 Å². The molecule has 0 aliphatic rings. The molecule has 1 unspecified atom stereocenters. The number of H-pyrrole nitrogens is 1. The van der Waals surface area contributed by atoms with Crippen molar-refractivity contribution in [2.24, 2.45) is 0 Å². The van der Waals surface area contributed by atoms with Gasteiger partial charge in [-0.3, -0.25) is 0 Å². The number of nitrogens with zero attached hydrogens (tertiary/aromatic N) is 2. The first-order valence-corrected chi connectivity index (χ1v) is 9.96. The van der Waals surface area contributed by atoms with Crippen LogP contribution >= 0.6 is 23.4 Å². The molecule has 0 fully saturated rings. The number of hydrogen-bond donors (Lipinski definition) is 2. The van der Waals surface area contributed by atoms with Gasteiger partial charge in [0, 0.05) is 24.4 Å². The monoisotopic (exact) mass is 404 g/mol. The Morgan fingerprint density at radius 3 is 2.81 bits per heavy atom. The average molecular weight is 405 g/mol. The molecule has 2 N–H and O–H groups in total. The third kappa shape index (κ3) is 5.00. The lowest BCUT2D eigenvalue weighted by Gasteiger charge is -2.08. The van der Waals surface area contributed by atoms with Crippen LogP contribution in [0.5, 0.6) is 0 Å². The van der Waals surface area contributed by atoms with E-state index in [4.69, 9.17) is 16.3 Å². The molecule has 0 aliphatic carbocycles. The molecule has 1 atom stereocenters. The van der Waals surface area contributed by atoms with Gasteiger partial charge in [0.2, 0.25) is 0 Å². The minimum Gasteiger partial charge on any atom is -0.383 e. The molecule has 142 valence electrons. The molecule has 0 radical (unpaired) electrons. The molecule has 0 amide bonds. The number of thioether (sulfide) groups is 1. The highest BCUT2D eigenvalue weighted by Gasteiger charge is 2.13. The number of pyridine rings is 1. The minimum absolute atomic E-state index is 0.178. The molecule has 0 spiro atoms. The molecule has 8 heteroatoms. The third-order valence-electron chi connectivity index (χ3n) is 3.83. The summed E-state index contributed by atoms with van der Waals surface area (Å²) in [6.07, 6.45) is 0.883. The highest BCUT2D eigenvalue weighted by atomic mass is 35.5. The highest BCUT2D eigenvalue weighted by molar-refractivity contribution is 8.00. The van der Waals surface area contributed by atoms with Gasteiger partial charge in [0.25, 0.3) is 0 Å². The maximum absolute atomic E-state index is 10.8. The van der Waals surface area contributed by atoms with Crippen LogP contribution in [0.3, 0.4) is 0 Å². The Kier molecular flexibility index (Phi) is 6.71. The summed E-state index contributed by atoms with van der Waals surface area (Å²) < 4.78 is 5.32. The Balaban J connectivity index is 1.79. The predicted molar refractivity (Wildman–Crippen MR) is 111 cm³/mol. The largest absolute Gasteiger partial charge is 0.383 e. The third-order valence-corrected chi connectivity index (χ3v) is 5.02. The molecule has 6 nitrogen and oxygen atoms in total. The van der Waals surface area contributed by atoms with Crippen molar-refractivity contribution in [1.82, 2.24) is 15.0 Å². The summed E-state index contributed by atoms with van der Waals surface area (Å²) in [5.41, 5.74) is 3.93. The van der Waals surface area contributed by atoms with Crippen LogP contribution in [0.2, 0.25) is 5.02 Å². The van der Waals surface area contributed by atoms with E-state index in [-0.39, 0.29) is 5.25 Å². The highest BCUT2D eigenvalue weighted by Crippen LogP contribution is 2.31. The summed E-state index contributed by atoms with van der Waals surface area (Å²) in [5.74, 6) is 0. The van der Waals surface area contributed by atoms with Gasteiger partial charge in [0.15, 0.2) is 10.8 Å². The SMILES string of the molecule is CCOCCNc1ccc(-c2nc3nc(SC(C)C=O)[nH]c3cc2Cl)cc1. The van der Waals surface area contributed by atoms with Gasteiger partial charge in [-0.15, -0.1) is 0 Å². The summed E-state index contributed by atoms with van der Waals surface area (Å²) in [6.45, 7) is 5.94. The standard InChI is InChI=1S/C19H21ClN4O2S/c1-3-26-9-8-21-14-6-4-13(5-7-14)17-15(20)10-16-18(23-17)24-19(22-16)27-12(2)11-25/h4-7,10-12,21H,3,8-9H2,1-2H3,(H,22,23,24). The van der Waals surface area contributed by atoms with Gasteiger partial charge < -0.3 is 19.8 Å². The first kappa shape index (κ1) is 19.7. The van der Waals surface area contributed by atoms with Crippen molar-refractivity contribution in [3.63, 3.8) is 0 Å². The van der Waals surface area contributed by atoms with E-state index in [2.05, 4.69) is 20.3 Å². The number of carbonyl (C=O) groups excluding carboxylic acids is 1. The van der Waals surface area contributed by atoms with Crippen molar-refractivity contribution < 1.29 is 9.53 Å². The molecule has 0 aliphatic heterocycles. The Morgan fingerprint density at radius 2 is 2.11 bits per heavy atom. The lowest BCUT2D eigenvalue weighted by molar-refractivity contribution is -0.107. The molecule has 2 heterocycles. The smallest absolute Gasteiger partial charge is 0.179 e. The fraction of sp³-hybridized carbons (Fsp3) is 0.316. The van der Waals surface area contributed by atoms with E-state index in [1.54, 1.807) is 0 Å². The van der Waals surface area contributed by atoms with Crippen LogP contribution in [0, 0.1) is 0 Å². The van der Waals surface area contributed by atoms with Crippen molar-refractivity contribution in [3.8, 4) is 11.3 Å². The second-order valence-electron chi connectivity index (χ2n) is 5.89. The van der Waals surface area contributed by atoms with E-state index in [1.165, 1.54) is 11.8 Å². The molecule has 0 bridgehead atoms. The van der Waals surface area contributed by atoms with Crippen LogP contribution in [0.1, 0.15) is 13.8 Å². The Labute approximate surface area is 167 Å². The summed E-state index contributed by atoms with van der Waals surface area (Å²) >= 11 is 7.79. The number of aromatic amines is 1. The van der Waals surface area contributed by atoms with Crippen molar-refractivity contribution in [2.75, 3.05) is 25.1 Å². The number of halogens is 1. The number of nitrogens with one attached hydrogen (secondary N) is 2. The molecule has 3 aromatic rings. The normalized spacial score (nSPS) is 12.3. The number of fused-ring (bicyclic) bond motifs is 1. The summed E-state index contributed by atoms with van der Waals surface area (Å²) in [5, 5.41) is 4.32. The Hall–Kier alpha value is -2.09. The van der Waals surface area contributed by atoms with Crippen LogP contribution in [0.15, 0.2) is 35.5 Å². The molecular weight excluding hydrogens is 384 g/mol.